The summed E-state index contributed by atoms with van der Waals surface area (Å²) in [6, 6.07) is 1.88. The van der Waals surface area contributed by atoms with Crippen LogP contribution in [0.1, 0.15) is 25.8 Å². The maximum Gasteiger partial charge on any atom is 0.126 e. The van der Waals surface area contributed by atoms with Gasteiger partial charge in [-0.1, -0.05) is 6.92 Å². The van der Waals surface area contributed by atoms with Crippen molar-refractivity contribution in [1.29, 1.82) is 0 Å². The van der Waals surface area contributed by atoms with E-state index in [1.165, 1.54) is 0 Å². The number of nitrogens with two attached hydrogens (primary N) is 1. The average molecular weight is 209 g/mol. The molecule has 0 saturated carbocycles. The van der Waals surface area contributed by atoms with Gasteiger partial charge in [0.05, 0.1) is 17.5 Å². The number of nitrogens with one attached hydrogen (secondary N) is 1. The minimum atomic E-state index is -0.697. The Bertz CT molecular complexity index is 337. The lowest BCUT2D eigenvalue weighted by Crippen LogP contribution is -2.32. The molecule has 1 heterocycles. The third kappa shape index (κ3) is 3.40. The molecule has 0 radical (unpaired) electrons. The number of pyridine rings is 1. The van der Waals surface area contributed by atoms with Crippen LogP contribution in [0.25, 0.3) is 0 Å². The van der Waals surface area contributed by atoms with Crippen LogP contribution >= 0.6 is 0 Å². The van der Waals surface area contributed by atoms with Gasteiger partial charge in [0, 0.05) is 6.54 Å². The lowest BCUT2D eigenvalue weighted by atomic mass is 10.0. The molecule has 0 bridgehead atoms. The molecule has 4 N–H and O–H groups in total. The number of aryl methyl sites for hydroxylation is 1. The van der Waals surface area contributed by atoms with Gasteiger partial charge in [-0.25, -0.2) is 4.98 Å². The molecule has 4 heteroatoms. The molecule has 0 amide bonds. The van der Waals surface area contributed by atoms with E-state index in [0.29, 0.717) is 18.7 Å². The van der Waals surface area contributed by atoms with Crippen LogP contribution in [0.2, 0.25) is 0 Å². The molecule has 1 atom stereocenters. The van der Waals surface area contributed by atoms with Crippen molar-refractivity contribution in [2.75, 3.05) is 17.6 Å². The van der Waals surface area contributed by atoms with E-state index in [2.05, 4.69) is 10.3 Å². The van der Waals surface area contributed by atoms with E-state index in [9.17, 15) is 5.11 Å². The molecular formula is C11H19N3O. The van der Waals surface area contributed by atoms with Gasteiger partial charge in [-0.3, -0.25) is 0 Å². The van der Waals surface area contributed by atoms with Crippen LogP contribution in [0.15, 0.2) is 12.3 Å². The first-order chi connectivity index (χ1) is 6.94. The number of rotatable bonds is 4. The largest absolute Gasteiger partial charge is 0.397 e. The zero-order valence-electron chi connectivity index (χ0n) is 9.54. The maximum atomic E-state index is 9.79. The molecule has 0 saturated heterocycles. The number of nitrogen functional groups attached to an aromatic ring is 1. The molecule has 4 nitrogen and oxygen atoms in total. The van der Waals surface area contributed by atoms with Crippen LogP contribution in [0.4, 0.5) is 11.5 Å². The highest BCUT2D eigenvalue weighted by Gasteiger charge is 2.16. The van der Waals surface area contributed by atoms with Crippen LogP contribution in [-0.4, -0.2) is 22.2 Å². The summed E-state index contributed by atoms with van der Waals surface area (Å²) >= 11 is 0. The molecule has 0 spiro atoms. The molecule has 1 aromatic heterocycles. The van der Waals surface area contributed by atoms with Crippen molar-refractivity contribution in [2.45, 2.75) is 32.8 Å². The minimum Gasteiger partial charge on any atom is -0.397 e. The zero-order chi connectivity index (χ0) is 11.5. The van der Waals surface area contributed by atoms with Crippen LogP contribution in [0.3, 0.4) is 0 Å². The fraction of sp³-hybridized carbons (Fsp3) is 0.545. The van der Waals surface area contributed by atoms with E-state index >= 15 is 0 Å². The van der Waals surface area contributed by atoms with Gasteiger partial charge in [0.15, 0.2) is 0 Å². The Kier molecular flexibility index (Phi) is 3.52. The Morgan fingerprint density at radius 1 is 1.60 bits per heavy atom. The maximum absolute atomic E-state index is 9.79. The molecule has 0 aliphatic carbocycles. The summed E-state index contributed by atoms with van der Waals surface area (Å²) in [5.41, 5.74) is 6.63. The number of anilines is 2. The molecule has 0 aliphatic rings. The van der Waals surface area contributed by atoms with Crippen molar-refractivity contribution >= 4 is 11.5 Å². The van der Waals surface area contributed by atoms with Gasteiger partial charge in [-0.05, 0) is 31.9 Å². The Morgan fingerprint density at radius 2 is 2.27 bits per heavy atom. The normalized spacial score (nSPS) is 14.7. The lowest BCUT2D eigenvalue weighted by Gasteiger charge is -2.22. The van der Waals surface area contributed by atoms with E-state index in [1.54, 1.807) is 13.1 Å². The van der Waals surface area contributed by atoms with Gasteiger partial charge in [0.1, 0.15) is 5.82 Å². The zero-order valence-corrected chi connectivity index (χ0v) is 9.54. The van der Waals surface area contributed by atoms with Gasteiger partial charge in [0.2, 0.25) is 0 Å². The second-order valence-electron chi connectivity index (χ2n) is 4.13. The van der Waals surface area contributed by atoms with Gasteiger partial charge in [-0.2, -0.15) is 0 Å². The van der Waals surface area contributed by atoms with Crippen LogP contribution in [0.5, 0.6) is 0 Å². The topological polar surface area (TPSA) is 71.2 Å². The molecule has 0 aliphatic heterocycles. The highest BCUT2D eigenvalue weighted by molar-refractivity contribution is 5.50. The number of hydrogen-bond donors (Lipinski definition) is 3. The van der Waals surface area contributed by atoms with E-state index in [4.69, 9.17) is 5.73 Å². The predicted molar refractivity (Wildman–Crippen MR) is 62.8 cm³/mol. The van der Waals surface area contributed by atoms with Crippen molar-refractivity contribution in [3.05, 3.63) is 17.8 Å². The molecule has 1 aromatic rings. The smallest absolute Gasteiger partial charge is 0.126 e. The van der Waals surface area contributed by atoms with E-state index in [0.717, 1.165) is 11.4 Å². The predicted octanol–water partition coefficient (Wildman–Crippen LogP) is 1.55. The van der Waals surface area contributed by atoms with Gasteiger partial charge in [0.25, 0.3) is 0 Å². The average Bonchev–Trinajstić information content (AvgIpc) is 2.20. The first kappa shape index (κ1) is 11.8. The van der Waals surface area contributed by atoms with Crippen LogP contribution < -0.4 is 11.1 Å². The van der Waals surface area contributed by atoms with Crippen molar-refractivity contribution < 1.29 is 5.11 Å². The van der Waals surface area contributed by atoms with Crippen LogP contribution in [0, 0.1) is 6.92 Å². The van der Waals surface area contributed by atoms with Gasteiger partial charge in [-0.15, -0.1) is 0 Å². The molecule has 84 valence electrons. The fourth-order valence-electron chi connectivity index (χ4n) is 1.07. The first-order valence-electron chi connectivity index (χ1n) is 5.13. The summed E-state index contributed by atoms with van der Waals surface area (Å²) in [5.74, 6) is 0.746. The fourth-order valence-corrected chi connectivity index (χ4v) is 1.07. The van der Waals surface area contributed by atoms with Gasteiger partial charge < -0.3 is 16.2 Å². The SMILES string of the molecule is CCC(C)(O)CNc1cc(C)c(N)cn1. The summed E-state index contributed by atoms with van der Waals surface area (Å²) in [4.78, 5) is 4.13. The molecule has 1 unspecified atom stereocenters. The highest BCUT2D eigenvalue weighted by Crippen LogP contribution is 2.15. The molecule has 0 fully saturated rings. The Hall–Kier alpha value is -1.29. The van der Waals surface area contributed by atoms with E-state index in [1.807, 2.05) is 19.9 Å². The quantitative estimate of drug-likeness (QED) is 0.703. The molecule has 15 heavy (non-hydrogen) atoms. The first-order valence-corrected chi connectivity index (χ1v) is 5.13. The third-order valence-corrected chi connectivity index (χ3v) is 2.56. The monoisotopic (exact) mass is 209 g/mol. The second kappa shape index (κ2) is 4.49. The second-order valence-corrected chi connectivity index (χ2v) is 4.13. The number of nitrogens with zero attached hydrogens (tertiary/aromatic N) is 1. The summed E-state index contributed by atoms with van der Waals surface area (Å²) < 4.78 is 0. The van der Waals surface area contributed by atoms with Crippen LogP contribution in [-0.2, 0) is 0 Å². The summed E-state index contributed by atoms with van der Waals surface area (Å²) in [6.45, 7) is 6.16. The van der Waals surface area contributed by atoms with E-state index < -0.39 is 5.60 Å². The summed E-state index contributed by atoms with van der Waals surface area (Å²) in [6.07, 6.45) is 2.33. The highest BCUT2D eigenvalue weighted by atomic mass is 16.3. The minimum absolute atomic E-state index is 0.486. The number of aliphatic hydroxyl groups is 1. The van der Waals surface area contributed by atoms with Crippen molar-refractivity contribution in [1.82, 2.24) is 4.98 Å². The van der Waals surface area contributed by atoms with Crippen molar-refractivity contribution in [2.24, 2.45) is 0 Å². The molecule has 1 rings (SSSR count). The lowest BCUT2D eigenvalue weighted by molar-refractivity contribution is 0.0696. The van der Waals surface area contributed by atoms with E-state index in [-0.39, 0.29) is 0 Å². The Morgan fingerprint density at radius 3 is 2.80 bits per heavy atom. The molecular weight excluding hydrogens is 190 g/mol. The molecule has 0 aromatic carbocycles. The van der Waals surface area contributed by atoms with Crippen molar-refractivity contribution in [3.63, 3.8) is 0 Å². The third-order valence-electron chi connectivity index (χ3n) is 2.56. The number of hydrogen-bond acceptors (Lipinski definition) is 4. The Labute approximate surface area is 90.5 Å². The standard InChI is InChI=1S/C11H19N3O/c1-4-11(3,15)7-14-10-5-8(2)9(12)6-13-10/h5-6,15H,4,7,12H2,1-3H3,(H,13,14). The number of aromatic nitrogens is 1. The Balaban J connectivity index is 2.62. The summed E-state index contributed by atoms with van der Waals surface area (Å²) in [5, 5.41) is 12.9. The van der Waals surface area contributed by atoms with Gasteiger partial charge >= 0.3 is 0 Å². The summed E-state index contributed by atoms with van der Waals surface area (Å²) in [7, 11) is 0. The van der Waals surface area contributed by atoms with Crippen molar-refractivity contribution in [3.8, 4) is 0 Å².